The minimum atomic E-state index is -0.835. The Morgan fingerprint density at radius 2 is 1.66 bits per heavy atom. The lowest BCUT2D eigenvalue weighted by molar-refractivity contribution is -0.121. The monoisotopic (exact) mass is 442 g/mol. The number of benzene rings is 2. The molecule has 1 aliphatic rings. The standard InChI is InChI=1S/C20H12Cl2N4O2S/c21-14-7-4-8-15(22)18(14)26-17(27)9-16(20(26)28)29-19(12(10-23)11-24)25-13-5-2-1-3-6-13/h1-8,16,25H,9H2. The number of allylic oxidation sites excluding steroid dienone is 1. The van der Waals surface area contributed by atoms with Crippen molar-refractivity contribution >= 4 is 58.2 Å². The van der Waals surface area contributed by atoms with Crippen LogP contribution in [0.5, 0.6) is 0 Å². The number of rotatable bonds is 5. The molecule has 29 heavy (non-hydrogen) atoms. The first-order valence-electron chi connectivity index (χ1n) is 8.30. The molecule has 0 saturated carbocycles. The van der Waals surface area contributed by atoms with E-state index < -0.39 is 17.1 Å². The molecule has 9 heteroatoms. The van der Waals surface area contributed by atoms with Crippen LogP contribution in [0.2, 0.25) is 10.0 Å². The third-order valence-electron chi connectivity index (χ3n) is 4.01. The molecular formula is C20H12Cl2N4O2S. The summed E-state index contributed by atoms with van der Waals surface area (Å²) in [6.45, 7) is 0. The number of nitriles is 2. The van der Waals surface area contributed by atoms with Crippen LogP contribution < -0.4 is 10.2 Å². The van der Waals surface area contributed by atoms with Crippen LogP contribution in [0, 0.1) is 22.7 Å². The molecule has 144 valence electrons. The van der Waals surface area contributed by atoms with Gasteiger partial charge in [0.15, 0.2) is 5.57 Å². The Morgan fingerprint density at radius 1 is 1.03 bits per heavy atom. The number of anilines is 2. The van der Waals surface area contributed by atoms with Crippen molar-refractivity contribution in [2.45, 2.75) is 11.7 Å². The average Bonchev–Trinajstić information content (AvgIpc) is 2.97. The van der Waals surface area contributed by atoms with Gasteiger partial charge in [-0.3, -0.25) is 9.59 Å². The van der Waals surface area contributed by atoms with Crippen molar-refractivity contribution in [1.29, 1.82) is 10.5 Å². The Kier molecular flexibility index (Phi) is 6.46. The van der Waals surface area contributed by atoms with E-state index in [2.05, 4.69) is 5.32 Å². The first-order valence-corrected chi connectivity index (χ1v) is 9.93. The van der Waals surface area contributed by atoms with Gasteiger partial charge in [0.05, 0.1) is 21.0 Å². The van der Waals surface area contributed by atoms with E-state index >= 15 is 0 Å². The summed E-state index contributed by atoms with van der Waals surface area (Å²) in [5.74, 6) is -0.977. The van der Waals surface area contributed by atoms with Crippen LogP contribution >= 0.6 is 35.0 Å². The average molecular weight is 443 g/mol. The number of halogens is 2. The Hall–Kier alpha value is -2.97. The summed E-state index contributed by atoms with van der Waals surface area (Å²) in [4.78, 5) is 26.5. The molecule has 0 radical (unpaired) electrons. The number of imide groups is 1. The molecule has 0 spiro atoms. The van der Waals surface area contributed by atoms with Crippen molar-refractivity contribution in [2.75, 3.05) is 10.2 Å². The van der Waals surface area contributed by atoms with Crippen molar-refractivity contribution in [3.05, 3.63) is 69.2 Å². The Labute approximate surface area is 181 Å². The molecule has 1 fully saturated rings. The molecule has 1 aliphatic heterocycles. The fourth-order valence-corrected chi connectivity index (χ4v) is 4.38. The molecule has 2 aromatic carbocycles. The van der Waals surface area contributed by atoms with Crippen LogP contribution in [0.25, 0.3) is 0 Å². The van der Waals surface area contributed by atoms with Gasteiger partial charge in [-0.25, -0.2) is 4.90 Å². The van der Waals surface area contributed by atoms with Gasteiger partial charge >= 0.3 is 0 Å². The molecule has 0 aliphatic carbocycles. The van der Waals surface area contributed by atoms with Gasteiger partial charge in [-0.15, -0.1) is 0 Å². The largest absolute Gasteiger partial charge is 0.349 e. The summed E-state index contributed by atoms with van der Waals surface area (Å²) in [5, 5.41) is 21.3. The highest BCUT2D eigenvalue weighted by Gasteiger charge is 2.42. The van der Waals surface area contributed by atoms with Gasteiger partial charge < -0.3 is 5.32 Å². The maximum atomic E-state index is 13.0. The second kappa shape index (κ2) is 9.02. The van der Waals surface area contributed by atoms with Crippen LogP contribution in [0.1, 0.15) is 6.42 Å². The summed E-state index contributed by atoms with van der Waals surface area (Å²) < 4.78 is 0. The third kappa shape index (κ3) is 4.38. The predicted molar refractivity (Wildman–Crippen MR) is 113 cm³/mol. The molecule has 0 aromatic heterocycles. The van der Waals surface area contributed by atoms with Gasteiger partial charge in [0.25, 0.3) is 0 Å². The topological polar surface area (TPSA) is 97.0 Å². The van der Waals surface area contributed by atoms with Crippen molar-refractivity contribution in [2.24, 2.45) is 0 Å². The normalized spacial score (nSPS) is 15.6. The van der Waals surface area contributed by atoms with Crippen molar-refractivity contribution in [3.63, 3.8) is 0 Å². The van der Waals surface area contributed by atoms with Gasteiger partial charge in [-0.05, 0) is 24.3 Å². The van der Waals surface area contributed by atoms with Gasteiger partial charge in [-0.1, -0.05) is 59.2 Å². The Bertz CT molecular complexity index is 1050. The van der Waals surface area contributed by atoms with E-state index in [1.807, 2.05) is 18.2 Å². The number of carbonyl (C=O) groups excluding carboxylic acids is 2. The Balaban J connectivity index is 1.91. The zero-order valence-corrected chi connectivity index (χ0v) is 17.1. The van der Waals surface area contributed by atoms with Gasteiger partial charge in [-0.2, -0.15) is 10.5 Å². The minimum absolute atomic E-state index is 0.116. The quantitative estimate of drug-likeness (QED) is 0.530. The summed E-state index contributed by atoms with van der Waals surface area (Å²) in [6, 6.07) is 17.2. The van der Waals surface area contributed by atoms with Gasteiger partial charge in [0, 0.05) is 12.1 Å². The number of thioether (sulfide) groups is 1. The maximum Gasteiger partial charge on any atom is 0.247 e. The fraction of sp³-hybridized carbons (Fsp3) is 0.100. The molecule has 3 rings (SSSR count). The molecule has 1 N–H and O–H groups in total. The van der Waals surface area contributed by atoms with Crippen LogP contribution in [-0.2, 0) is 9.59 Å². The molecule has 0 bridgehead atoms. The second-order valence-corrected chi connectivity index (χ2v) is 7.89. The van der Waals surface area contributed by atoms with E-state index in [0.717, 1.165) is 16.7 Å². The smallest absolute Gasteiger partial charge is 0.247 e. The second-order valence-electron chi connectivity index (χ2n) is 5.87. The van der Waals surface area contributed by atoms with E-state index in [9.17, 15) is 20.1 Å². The first kappa shape index (κ1) is 20.8. The highest BCUT2D eigenvalue weighted by Crippen LogP contribution is 2.40. The maximum absolute atomic E-state index is 13.0. The lowest BCUT2D eigenvalue weighted by Gasteiger charge is -2.18. The predicted octanol–water partition coefficient (Wildman–Crippen LogP) is 4.73. The van der Waals surface area contributed by atoms with Gasteiger partial charge in [0.1, 0.15) is 17.2 Å². The fourth-order valence-electron chi connectivity index (χ4n) is 2.71. The van der Waals surface area contributed by atoms with Crippen molar-refractivity contribution < 1.29 is 9.59 Å². The molecular weight excluding hydrogens is 431 g/mol. The van der Waals surface area contributed by atoms with E-state index in [0.29, 0.717) is 5.69 Å². The number of amides is 2. The number of carbonyl (C=O) groups is 2. The number of nitrogens with zero attached hydrogens (tertiary/aromatic N) is 3. The van der Waals surface area contributed by atoms with Crippen molar-refractivity contribution in [1.82, 2.24) is 0 Å². The molecule has 1 atom stereocenters. The first-order chi connectivity index (χ1) is 14.0. The highest BCUT2D eigenvalue weighted by molar-refractivity contribution is 8.04. The Morgan fingerprint density at radius 3 is 2.24 bits per heavy atom. The summed E-state index contributed by atoms with van der Waals surface area (Å²) in [6.07, 6.45) is -0.116. The van der Waals surface area contributed by atoms with E-state index in [-0.39, 0.29) is 32.8 Å². The summed E-state index contributed by atoms with van der Waals surface area (Å²) in [5.41, 5.74) is 0.588. The van der Waals surface area contributed by atoms with E-state index in [4.69, 9.17) is 23.2 Å². The SMILES string of the molecule is N#CC(C#N)=C(Nc1ccccc1)SC1CC(=O)N(c2c(Cl)cccc2Cl)C1=O. The number of nitrogens with one attached hydrogen (secondary N) is 1. The number of hydrogen-bond donors (Lipinski definition) is 1. The zero-order valence-electron chi connectivity index (χ0n) is 14.7. The molecule has 6 nitrogen and oxygen atoms in total. The summed E-state index contributed by atoms with van der Waals surface area (Å²) in [7, 11) is 0. The van der Waals surface area contributed by atoms with Crippen LogP contribution in [0.15, 0.2) is 59.1 Å². The zero-order chi connectivity index (χ0) is 21.0. The van der Waals surface area contributed by atoms with Crippen molar-refractivity contribution in [3.8, 4) is 12.1 Å². The van der Waals surface area contributed by atoms with E-state index in [1.165, 1.54) is 12.1 Å². The third-order valence-corrected chi connectivity index (χ3v) is 5.81. The van der Waals surface area contributed by atoms with Gasteiger partial charge in [0.2, 0.25) is 11.8 Å². The number of para-hydroxylation sites is 2. The highest BCUT2D eigenvalue weighted by atomic mass is 35.5. The summed E-state index contributed by atoms with van der Waals surface area (Å²) >= 11 is 13.3. The lowest BCUT2D eigenvalue weighted by atomic mass is 10.3. The molecule has 1 saturated heterocycles. The molecule has 1 heterocycles. The van der Waals surface area contributed by atoms with Crippen LogP contribution in [-0.4, -0.2) is 17.1 Å². The van der Waals surface area contributed by atoms with Crippen LogP contribution in [0.4, 0.5) is 11.4 Å². The molecule has 2 amide bonds. The lowest BCUT2D eigenvalue weighted by Crippen LogP contribution is -2.31. The van der Waals surface area contributed by atoms with E-state index in [1.54, 1.807) is 30.3 Å². The number of hydrogen-bond acceptors (Lipinski definition) is 6. The minimum Gasteiger partial charge on any atom is -0.349 e. The molecule has 1 unspecified atom stereocenters. The molecule has 2 aromatic rings. The van der Waals surface area contributed by atoms with Crippen LogP contribution in [0.3, 0.4) is 0 Å².